The van der Waals surface area contributed by atoms with E-state index in [0.29, 0.717) is 11.3 Å². The first-order valence-electron chi connectivity index (χ1n) is 5.33. The number of nitrogen functional groups attached to an aromatic ring is 1. The molecule has 1 aromatic heterocycles. The first kappa shape index (κ1) is 11.6. The van der Waals surface area contributed by atoms with Gasteiger partial charge in [-0.15, -0.1) is 0 Å². The van der Waals surface area contributed by atoms with E-state index in [2.05, 4.69) is 10.4 Å². The number of hydrazine groups is 1. The van der Waals surface area contributed by atoms with Crippen molar-refractivity contribution < 1.29 is 9.13 Å². The number of rotatable bonds is 3. The molecule has 0 radical (unpaired) electrons. The van der Waals surface area contributed by atoms with Gasteiger partial charge in [-0.05, 0) is 24.1 Å². The number of ether oxygens (including phenoxy) is 1. The highest BCUT2D eigenvalue weighted by Crippen LogP contribution is 2.26. The summed E-state index contributed by atoms with van der Waals surface area (Å²) < 4.78 is 18.5. The second kappa shape index (κ2) is 4.55. The number of nitrogens with one attached hydrogen (secondary N) is 1. The van der Waals surface area contributed by atoms with Gasteiger partial charge in [-0.2, -0.15) is 0 Å². The lowest BCUT2D eigenvalue weighted by Crippen LogP contribution is -2.11. The van der Waals surface area contributed by atoms with Crippen molar-refractivity contribution in [2.45, 2.75) is 13.3 Å². The van der Waals surface area contributed by atoms with Gasteiger partial charge in [0.05, 0.1) is 12.6 Å². The number of benzene rings is 1. The number of halogens is 1. The van der Waals surface area contributed by atoms with Gasteiger partial charge in [0.1, 0.15) is 5.82 Å². The van der Waals surface area contributed by atoms with Gasteiger partial charge in [-0.1, -0.05) is 6.92 Å². The zero-order valence-electron chi connectivity index (χ0n) is 9.75. The van der Waals surface area contributed by atoms with Crippen molar-refractivity contribution >= 4 is 16.7 Å². The molecule has 0 saturated heterocycles. The van der Waals surface area contributed by atoms with E-state index in [1.165, 1.54) is 13.2 Å². The van der Waals surface area contributed by atoms with E-state index in [0.717, 1.165) is 17.4 Å². The Kier molecular flexibility index (Phi) is 3.10. The molecule has 0 aliphatic carbocycles. The van der Waals surface area contributed by atoms with Crippen molar-refractivity contribution in [3.05, 3.63) is 29.6 Å². The third-order valence-corrected chi connectivity index (χ3v) is 2.68. The van der Waals surface area contributed by atoms with E-state index in [9.17, 15) is 4.39 Å². The average molecular weight is 235 g/mol. The number of methoxy groups -OCH3 is 1. The Hall–Kier alpha value is -1.88. The second-order valence-electron chi connectivity index (χ2n) is 3.67. The lowest BCUT2D eigenvalue weighted by atomic mass is 10.1. The standard InChI is InChI=1S/C12H14FN3O/c1-3-7-4-8-5-11(17-2)9(13)6-10(8)15-12(7)16-14/h4-6H,3,14H2,1-2H3,(H,15,16). The maximum absolute atomic E-state index is 13.5. The summed E-state index contributed by atoms with van der Waals surface area (Å²) in [5.41, 5.74) is 4.05. The quantitative estimate of drug-likeness (QED) is 0.632. The Morgan fingerprint density at radius 2 is 2.18 bits per heavy atom. The average Bonchev–Trinajstić information content (AvgIpc) is 2.36. The van der Waals surface area contributed by atoms with Gasteiger partial charge in [0, 0.05) is 11.5 Å². The molecular weight excluding hydrogens is 221 g/mol. The van der Waals surface area contributed by atoms with Crippen LogP contribution in [0.1, 0.15) is 12.5 Å². The normalized spacial score (nSPS) is 10.6. The van der Waals surface area contributed by atoms with E-state index in [1.54, 1.807) is 6.07 Å². The van der Waals surface area contributed by atoms with Crippen LogP contribution in [0.5, 0.6) is 5.75 Å². The van der Waals surface area contributed by atoms with Gasteiger partial charge in [-0.25, -0.2) is 15.2 Å². The molecule has 0 aliphatic heterocycles. The third kappa shape index (κ3) is 2.01. The zero-order chi connectivity index (χ0) is 12.4. The van der Waals surface area contributed by atoms with Crippen LogP contribution in [0.25, 0.3) is 10.9 Å². The van der Waals surface area contributed by atoms with Crippen LogP contribution in [0, 0.1) is 5.82 Å². The Labute approximate surface area is 98.6 Å². The minimum Gasteiger partial charge on any atom is -0.494 e. The van der Waals surface area contributed by atoms with Gasteiger partial charge in [-0.3, -0.25) is 0 Å². The highest BCUT2D eigenvalue weighted by Gasteiger charge is 2.09. The molecule has 90 valence electrons. The predicted molar refractivity (Wildman–Crippen MR) is 65.4 cm³/mol. The van der Waals surface area contributed by atoms with E-state index in [-0.39, 0.29) is 5.75 Å². The van der Waals surface area contributed by atoms with Crippen LogP contribution in [0.15, 0.2) is 18.2 Å². The van der Waals surface area contributed by atoms with Crippen molar-refractivity contribution in [1.29, 1.82) is 0 Å². The lowest BCUT2D eigenvalue weighted by Gasteiger charge is -2.09. The molecule has 0 unspecified atom stereocenters. The van der Waals surface area contributed by atoms with Gasteiger partial charge in [0.25, 0.3) is 0 Å². The maximum atomic E-state index is 13.5. The SMILES string of the molecule is CCc1cc2cc(OC)c(F)cc2nc1NN. The number of hydrogen-bond donors (Lipinski definition) is 2. The summed E-state index contributed by atoms with van der Waals surface area (Å²) in [6, 6.07) is 4.91. The summed E-state index contributed by atoms with van der Waals surface area (Å²) in [5, 5.41) is 0.833. The number of nitrogens with zero attached hydrogens (tertiary/aromatic N) is 1. The first-order chi connectivity index (χ1) is 8.19. The summed E-state index contributed by atoms with van der Waals surface area (Å²) >= 11 is 0. The maximum Gasteiger partial charge on any atom is 0.167 e. The summed E-state index contributed by atoms with van der Waals surface area (Å²) in [6.45, 7) is 2.00. The number of nitrogens with two attached hydrogens (primary N) is 1. The van der Waals surface area contributed by atoms with E-state index in [4.69, 9.17) is 10.6 Å². The fraction of sp³-hybridized carbons (Fsp3) is 0.250. The van der Waals surface area contributed by atoms with Crippen LogP contribution in [0.2, 0.25) is 0 Å². The number of fused-ring (bicyclic) bond motifs is 1. The lowest BCUT2D eigenvalue weighted by molar-refractivity contribution is 0.387. The largest absolute Gasteiger partial charge is 0.494 e. The predicted octanol–water partition coefficient (Wildman–Crippen LogP) is 2.23. The van der Waals surface area contributed by atoms with E-state index in [1.807, 2.05) is 13.0 Å². The molecule has 5 heteroatoms. The van der Waals surface area contributed by atoms with Crippen LogP contribution in [0.3, 0.4) is 0 Å². The van der Waals surface area contributed by atoms with E-state index < -0.39 is 5.82 Å². The van der Waals surface area contributed by atoms with Crippen LogP contribution in [-0.2, 0) is 6.42 Å². The molecule has 1 heterocycles. The Morgan fingerprint density at radius 3 is 2.76 bits per heavy atom. The molecule has 0 atom stereocenters. The van der Waals surface area contributed by atoms with Crippen LogP contribution in [0.4, 0.5) is 10.2 Å². The summed E-state index contributed by atoms with van der Waals surface area (Å²) in [6.07, 6.45) is 0.794. The number of anilines is 1. The van der Waals surface area contributed by atoms with Crippen molar-refractivity contribution in [2.24, 2.45) is 5.84 Å². The molecular formula is C12H14FN3O. The van der Waals surface area contributed by atoms with Gasteiger partial charge >= 0.3 is 0 Å². The third-order valence-electron chi connectivity index (χ3n) is 2.68. The number of hydrogen-bond acceptors (Lipinski definition) is 4. The molecule has 2 rings (SSSR count). The molecule has 0 bridgehead atoms. The number of pyridine rings is 1. The smallest absolute Gasteiger partial charge is 0.167 e. The molecule has 2 aromatic rings. The van der Waals surface area contributed by atoms with Crippen LogP contribution < -0.4 is 16.0 Å². The Bertz CT molecular complexity index is 557. The van der Waals surface area contributed by atoms with Crippen LogP contribution in [-0.4, -0.2) is 12.1 Å². The molecule has 0 fully saturated rings. The second-order valence-corrected chi connectivity index (χ2v) is 3.67. The molecule has 0 spiro atoms. The first-order valence-corrected chi connectivity index (χ1v) is 5.33. The van der Waals surface area contributed by atoms with Gasteiger partial charge in [0.2, 0.25) is 0 Å². The zero-order valence-corrected chi connectivity index (χ0v) is 9.75. The van der Waals surface area contributed by atoms with Crippen LogP contribution >= 0.6 is 0 Å². The highest BCUT2D eigenvalue weighted by molar-refractivity contribution is 5.83. The number of aromatic nitrogens is 1. The molecule has 0 aliphatic rings. The molecule has 4 nitrogen and oxygen atoms in total. The molecule has 0 amide bonds. The van der Waals surface area contributed by atoms with E-state index >= 15 is 0 Å². The number of aryl methyl sites for hydroxylation is 1. The Balaban J connectivity index is 2.70. The molecule has 3 N–H and O–H groups in total. The minimum absolute atomic E-state index is 0.217. The molecule has 17 heavy (non-hydrogen) atoms. The highest BCUT2D eigenvalue weighted by atomic mass is 19.1. The fourth-order valence-corrected chi connectivity index (χ4v) is 1.77. The Morgan fingerprint density at radius 1 is 1.41 bits per heavy atom. The van der Waals surface area contributed by atoms with Crippen molar-refractivity contribution in [2.75, 3.05) is 12.5 Å². The summed E-state index contributed by atoms with van der Waals surface area (Å²) in [7, 11) is 1.44. The summed E-state index contributed by atoms with van der Waals surface area (Å²) in [4.78, 5) is 4.27. The monoisotopic (exact) mass is 235 g/mol. The van der Waals surface area contributed by atoms with Crippen molar-refractivity contribution in [3.8, 4) is 5.75 Å². The topological polar surface area (TPSA) is 60.2 Å². The van der Waals surface area contributed by atoms with Gasteiger partial charge < -0.3 is 10.2 Å². The minimum atomic E-state index is -0.431. The summed E-state index contributed by atoms with van der Waals surface area (Å²) in [5.74, 6) is 5.74. The molecule has 1 aromatic carbocycles. The fourth-order valence-electron chi connectivity index (χ4n) is 1.77. The molecule has 0 saturated carbocycles. The van der Waals surface area contributed by atoms with Crippen molar-refractivity contribution in [3.63, 3.8) is 0 Å². The van der Waals surface area contributed by atoms with Gasteiger partial charge in [0.15, 0.2) is 11.6 Å². The van der Waals surface area contributed by atoms with Crippen molar-refractivity contribution in [1.82, 2.24) is 4.98 Å².